The zero-order chi connectivity index (χ0) is 11.9. The van der Waals surface area contributed by atoms with Gasteiger partial charge < -0.3 is 5.73 Å². The summed E-state index contributed by atoms with van der Waals surface area (Å²) in [6.45, 7) is 7.30. The molecule has 5 heteroatoms. The lowest BCUT2D eigenvalue weighted by molar-refractivity contribution is 0.529. The highest BCUT2D eigenvalue weighted by molar-refractivity contribution is 5.77. The molecule has 0 saturated heterocycles. The van der Waals surface area contributed by atoms with Gasteiger partial charge in [0.25, 0.3) is 0 Å². The largest absolute Gasteiger partial charge is 0.369 e. The van der Waals surface area contributed by atoms with Crippen molar-refractivity contribution in [2.24, 2.45) is 13.0 Å². The highest BCUT2D eigenvalue weighted by Crippen LogP contribution is 2.22. The summed E-state index contributed by atoms with van der Waals surface area (Å²) in [5.74, 6) is 1.13. The number of nitrogens with two attached hydrogens (primary N) is 1. The van der Waals surface area contributed by atoms with Crippen LogP contribution in [0.25, 0.3) is 11.2 Å². The topological polar surface area (TPSA) is 61.7 Å². The smallest absolute Gasteiger partial charge is 0.202 e. The summed E-state index contributed by atoms with van der Waals surface area (Å²) in [5.41, 5.74) is 8.95. The van der Waals surface area contributed by atoms with Crippen molar-refractivity contribution in [1.82, 2.24) is 19.3 Å². The minimum Gasteiger partial charge on any atom is -0.369 e. The number of anilines is 1. The number of nitrogen functional groups attached to an aromatic ring is 1. The first kappa shape index (κ1) is 11.0. The number of aromatic nitrogens is 4. The van der Waals surface area contributed by atoms with Gasteiger partial charge in [-0.15, -0.1) is 0 Å². The van der Waals surface area contributed by atoms with Gasteiger partial charge >= 0.3 is 0 Å². The summed E-state index contributed by atoms with van der Waals surface area (Å²) in [7, 11) is 1.94. The van der Waals surface area contributed by atoms with Crippen LogP contribution in [0.4, 0.5) is 5.95 Å². The summed E-state index contributed by atoms with van der Waals surface area (Å²) in [5, 5.41) is 4.46. The molecule has 2 rings (SSSR count). The molecule has 0 fully saturated rings. The second-order valence-electron chi connectivity index (χ2n) is 4.57. The molecule has 0 amide bonds. The number of fused-ring (bicyclic) bond motifs is 1. The minimum absolute atomic E-state index is 0.541. The lowest BCUT2D eigenvalue weighted by atomic mass is 10.2. The van der Waals surface area contributed by atoms with Gasteiger partial charge in [-0.3, -0.25) is 9.25 Å². The van der Waals surface area contributed by atoms with Gasteiger partial charge in [0.15, 0.2) is 5.65 Å². The Kier molecular flexibility index (Phi) is 2.61. The molecule has 2 N–H and O–H groups in total. The Balaban J connectivity index is 2.64. The van der Waals surface area contributed by atoms with Gasteiger partial charge in [0, 0.05) is 13.6 Å². The number of hydrogen-bond acceptors (Lipinski definition) is 3. The van der Waals surface area contributed by atoms with E-state index in [0.29, 0.717) is 11.9 Å². The normalized spacial score (nSPS) is 11.8. The number of aryl methyl sites for hydroxylation is 2. The molecule has 16 heavy (non-hydrogen) atoms. The van der Waals surface area contributed by atoms with Crippen molar-refractivity contribution in [3.8, 4) is 0 Å². The van der Waals surface area contributed by atoms with E-state index in [-0.39, 0.29) is 0 Å². The Morgan fingerprint density at radius 1 is 1.38 bits per heavy atom. The van der Waals surface area contributed by atoms with Gasteiger partial charge in [-0.1, -0.05) is 20.8 Å². The number of imidazole rings is 1. The van der Waals surface area contributed by atoms with E-state index in [1.165, 1.54) is 0 Å². The van der Waals surface area contributed by atoms with Crippen molar-refractivity contribution in [3.63, 3.8) is 0 Å². The van der Waals surface area contributed by atoms with Crippen LogP contribution < -0.4 is 5.73 Å². The first-order valence-electron chi connectivity index (χ1n) is 5.72. The summed E-state index contributed by atoms with van der Waals surface area (Å²) in [6.07, 6.45) is 0.884. The van der Waals surface area contributed by atoms with E-state index >= 15 is 0 Å². The molecule has 5 nitrogen and oxygen atoms in total. The quantitative estimate of drug-likeness (QED) is 0.855. The molecule has 0 saturated carbocycles. The van der Waals surface area contributed by atoms with Gasteiger partial charge in [0.2, 0.25) is 5.95 Å². The Hall–Kier alpha value is -1.52. The van der Waals surface area contributed by atoms with E-state index in [1.54, 1.807) is 0 Å². The first-order chi connectivity index (χ1) is 7.54. The standard InChI is InChI=1S/C11H19N5/c1-5-8-9-10(15(4)14-8)16(6-7(2)3)11(12)13-9/h7H,5-6H2,1-4H3,(H2,12,13). The first-order valence-corrected chi connectivity index (χ1v) is 5.72. The van der Waals surface area contributed by atoms with E-state index in [2.05, 4.69) is 30.9 Å². The molecule has 2 aromatic heterocycles. The molecule has 0 unspecified atom stereocenters. The number of rotatable bonds is 3. The van der Waals surface area contributed by atoms with E-state index in [4.69, 9.17) is 5.73 Å². The van der Waals surface area contributed by atoms with Crippen LogP contribution >= 0.6 is 0 Å². The third-order valence-electron chi connectivity index (χ3n) is 2.70. The molecule has 0 aliphatic rings. The average molecular weight is 221 g/mol. The van der Waals surface area contributed by atoms with E-state index in [9.17, 15) is 0 Å². The van der Waals surface area contributed by atoms with Crippen LogP contribution in [0.1, 0.15) is 26.5 Å². The van der Waals surface area contributed by atoms with Gasteiger partial charge in [-0.2, -0.15) is 5.10 Å². The Labute approximate surface area is 95.3 Å². The van der Waals surface area contributed by atoms with Crippen LogP contribution in [0.15, 0.2) is 0 Å². The maximum absolute atomic E-state index is 5.95. The van der Waals surface area contributed by atoms with Gasteiger partial charge in [-0.05, 0) is 12.3 Å². The van der Waals surface area contributed by atoms with Crippen molar-refractivity contribution in [2.75, 3.05) is 5.73 Å². The molecule has 2 aromatic rings. The molecule has 0 aliphatic heterocycles. The monoisotopic (exact) mass is 221 g/mol. The van der Waals surface area contributed by atoms with Crippen molar-refractivity contribution in [3.05, 3.63) is 5.69 Å². The Morgan fingerprint density at radius 2 is 2.06 bits per heavy atom. The lowest BCUT2D eigenvalue weighted by Gasteiger charge is -2.09. The van der Waals surface area contributed by atoms with Crippen LogP contribution in [0.3, 0.4) is 0 Å². The maximum atomic E-state index is 5.95. The molecule has 0 aromatic carbocycles. The van der Waals surface area contributed by atoms with Crippen molar-refractivity contribution in [1.29, 1.82) is 0 Å². The highest BCUT2D eigenvalue weighted by atomic mass is 15.3. The maximum Gasteiger partial charge on any atom is 0.202 e. The average Bonchev–Trinajstić information content (AvgIpc) is 2.66. The molecule has 88 valence electrons. The molecule has 2 heterocycles. The molecular weight excluding hydrogens is 202 g/mol. The number of nitrogens with zero attached hydrogens (tertiary/aromatic N) is 4. The van der Waals surface area contributed by atoms with Crippen molar-refractivity contribution in [2.45, 2.75) is 33.7 Å². The zero-order valence-electron chi connectivity index (χ0n) is 10.4. The summed E-state index contributed by atoms with van der Waals surface area (Å²) < 4.78 is 3.92. The summed E-state index contributed by atoms with van der Waals surface area (Å²) >= 11 is 0. The molecule has 0 spiro atoms. The molecular formula is C11H19N5. The second kappa shape index (κ2) is 3.81. The van der Waals surface area contributed by atoms with Gasteiger partial charge in [0.05, 0.1) is 5.69 Å². The molecule has 0 radical (unpaired) electrons. The third kappa shape index (κ3) is 1.56. The Morgan fingerprint density at radius 3 is 2.62 bits per heavy atom. The third-order valence-corrected chi connectivity index (χ3v) is 2.70. The minimum atomic E-state index is 0.541. The second-order valence-corrected chi connectivity index (χ2v) is 4.57. The van der Waals surface area contributed by atoms with Crippen LogP contribution in [0.2, 0.25) is 0 Å². The van der Waals surface area contributed by atoms with Gasteiger partial charge in [0.1, 0.15) is 5.52 Å². The zero-order valence-corrected chi connectivity index (χ0v) is 10.4. The van der Waals surface area contributed by atoms with Crippen molar-refractivity contribution < 1.29 is 0 Å². The fourth-order valence-electron chi connectivity index (χ4n) is 2.04. The fourth-order valence-corrected chi connectivity index (χ4v) is 2.04. The fraction of sp³-hybridized carbons (Fsp3) is 0.636. The predicted octanol–water partition coefficient (Wildman–Crippen LogP) is 1.57. The summed E-state index contributed by atoms with van der Waals surface area (Å²) in [6, 6.07) is 0. The van der Waals surface area contributed by atoms with Gasteiger partial charge in [-0.25, -0.2) is 4.98 Å². The molecule has 0 bridgehead atoms. The van der Waals surface area contributed by atoms with Crippen LogP contribution in [0, 0.1) is 5.92 Å². The highest BCUT2D eigenvalue weighted by Gasteiger charge is 2.17. The van der Waals surface area contributed by atoms with E-state index < -0.39 is 0 Å². The SMILES string of the molecule is CCc1nn(C)c2c1nc(N)n2CC(C)C. The molecule has 0 aliphatic carbocycles. The van der Waals surface area contributed by atoms with Crippen LogP contribution in [-0.4, -0.2) is 19.3 Å². The van der Waals surface area contributed by atoms with Crippen molar-refractivity contribution >= 4 is 17.1 Å². The van der Waals surface area contributed by atoms with Crippen LogP contribution in [-0.2, 0) is 20.0 Å². The Bertz CT molecular complexity index is 506. The van der Waals surface area contributed by atoms with E-state index in [0.717, 1.165) is 29.8 Å². The molecule has 0 atom stereocenters. The summed E-state index contributed by atoms with van der Waals surface area (Å²) in [4.78, 5) is 4.42. The lowest BCUT2D eigenvalue weighted by Crippen LogP contribution is -2.10. The predicted molar refractivity (Wildman–Crippen MR) is 65.1 cm³/mol. The van der Waals surface area contributed by atoms with Crippen LogP contribution in [0.5, 0.6) is 0 Å². The number of hydrogen-bond donors (Lipinski definition) is 1. The van der Waals surface area contributed by atoms with E-state index in [1.807, 2.05) is 16.3 Å².